The number of nitrogens with one attached hydrogen (secondary N) is 1. The van der Waals surface area contributed by atoms with E-state index in [2.05, 4.69) is 15.3 Å². The first-order valence-electron chi connectivity index (χ1n) is 6.61. The van der Waals surface area contributed by atoms with E-state index in [-0.39, 0.29) is 17.2 Å². The van der Waals surface area contributed by atoms with Gasteiger partial charge in [0.25, 0.3) is 5.91 Å². The number of benzene rings is 1. The largest absolute Gasteiger partial charge is 0.496 e. The van der Waals surface area contributed by atoms with Crippen molar-refractivity contribution in [3.05, 3.63) is 46.2 Å². The van der Waals surface area contributed by atoms with Gasteiger partial charge in [0, 0.05) is 16.5 Å². The summed E-state index contributed by atoms with van der Waals surface area (Å²) in [6.07, 6.45) is 1.60. The summed E-state index contributed by atoms with van der Waals surface area (Å²) in [5.41, 5.74) is 0.516. The Labute approximate surface area is 139 Å². The van der Waals surface area contributed by atoms with Crippen molar-refractivity contribution in [1.82, 2.24) is 9.97 Å². The van der Waals surface area contributed by atoms with Crippen LogP contribution >= 0.6 is 22.7 Å². The van der Waals surface area contributed by atoms with E-state index in [4.69, 9.17) is 4.74 Å². The molecule has 0 spiro atoms. The average molecular weight is 349 g/mol. The number of aryl methyl sites for hydroxylation is 1. The Morgan fingerprint density at radius 3 is 2.91 bits per heavy atom. The fraction of sp³-hybridized carbons (Fsp3) is 0.133. The van der Waals surface area contributed by atoms with Gasteiger partial charge in [0.2, 0.25) is 0 Å². The maximum Gasteiger partial charge on any atom is 0.277 e. The zero-order valence-electron chi connectivity index (χ0n) is 12.3. The monoisotopic (exact) mass is 349 g/mol. The van der Waals surface area contributed by atoms with Crippen LogP contribution in [0.2, 0.25) is 0 Å². The molecule has 0 aliphatic carbocycles. The minimum Gasteiger partial charge on any atom is -0.496 e. The second-order valence-corrected chi connectivity index (χ2v) is 6.63. The van der Waals surface area contributed by atoms with Crippen LogP contribution < -0.4 is 10.1 Å². The fourth-order valence-electron chi connectivity index (χ4n) is 2.04. The highest BCUT2D eigenvalue weighted by atomic mass is 32.1. The normalized spacial score (nSPS) is 10.6. The summed E-state index contributed by atoms with van der Waals surface area (Å²) in [4.78, 5) is 21.3. The molecule has 0 bridgehead atoms. The molecule has 8 heteroatoms. The topological polar surface area (TPSA) is 64.1 Å². The van der Waals surface area contributed by atoms with Crippen molar-refractivity contribution in [2.75, 3.05) is 12.4 Å². The Hall–Kier alpha value is -2.32. The number of carbonyl (C=O) groups excluding carboxylic acids is 1. The van der Waals surface area contributed by atoms with Crippen LogP contribution in [-0.4, -0.2) is 23.0 Å². The van der Waals surface area contributed by atoms with Gasteiger partial charge in [-0.3, -0.25) is 10.1 Å². The second kappa shape index (κ2) is 6.43. The SMILES string of the molecule is COc1cccc(F)c1-c1nc(C(=O)Nc2nccs2)c(C)s1. The number of halogens is 1. The van der Waals surface area contributed by atoms with Crippen LogP contribution in [0.4, 0.5) is 9.52 Å². The van der Waals surface area contributed by atoms with E-state index in [9.17, 15) is 9.18 Å². The standard InChI is InChI=1S/C15H12FN3O2S2/c1-8-12(13(20)19-15-17-6-7-22-15)18-14(23-8)11-9(16)4-3-5-10(11)21-2/h3-7H,1-2H3,(H,17,19,20). The molecule has 0 fully saturated rings. The molecule has 3 aromatic rings. The predicted octanol–water partition coefficient (Wildman–Crippen LogP) is 3.98. The summed E-state index contributed by atoms with van der Waals surface area (Å²) in [6, 6.07) is 4.56. The molecule has 0 saturated carbocycles. The first kappa shape index (κ1) is 15.6. The molecule has 0 saturated heterocycles. The fourth-order valence-corrected chi connectivity index (χ4v) is 3.52. The highest BCUT2D eigenvalue weighted by Gasteiger charge is 2.21. The lowest BCUT2D eigenvalue weighted by atomic mass is 10.2. The molecule has 0 radical (unpaired) electrons. The van der Waals surface area contributed by atoms with Crippen LogP contribution in [0.3, 0.4) is 0 Å². The Bertz CT molecular complexity index is 847. The van der Waals surface area contributed by atoms with Crippen molar-refractivity contribution in [3.8, 4) is 16.3 Å². The predicted molar refractivity (Wildman–Crippen MR) is 88.9 cm³/mol. The van der Waals surface area contributed by atoms with Gasteiger partial charge in [0.15, 0.2) is 5.13 Å². The smallest absolute Gasteiger partial charge is 0.277 e. The molecule has 1 amide bonds. The lowest BCUT2D eigenvalue weighted by Crippen LogP contribution is -2.13. The van der Waals surface area contributed by atoms with Crippen molar-refractivity contribution in [3.63, 3.8) is 0 Å². The van der Waals surface area contributed by atoms with Crippen LogP contribution in [-0.2, 0) is 0 Å². The summed E-state index contributed by atoms with van der Waals surface area (Å²) in [7, 11) is 1.47. The average Bonchev–Trinajstić information content (AvgIpc) is 3.16. The molecule has 5 nitrogen and oxygen atoms in total. The number of hydrogen-bond acceptors (Lipinski definition) is 6. The number of thiazole rings is 2. The number of hydrogen-bond donors (Lipinski definition) is 1. The van der Waals surface area contributed by atoms with Gasteiger partial charge < -0.3 is 4.74 Å². The number of ether oxygens (including phenoxy) is 1. The van der Waals surface area contributed by atoms with Gasteiger partial charge in [-0.1, -0.05) is 6.07 Å². The number of rotatable bonds is 4. The van der Waals surface area contributed by atoms with E-state index in [1.165, 1.54) is 35.8 Å². The summed E-state index contributed by atoms with van der Waals surface area (Å²) >= 11 is 2.56. The van der Waals surface area contributed by atoms with Crippen molar-refractivity contribution in [2.24, 2.45) is 0 Å². The first-order valence-corrected chi connectivity index (χ1v) is 8.31. The summed E-state index contributed by atoms with van der Waals surface area (Å²) in [6.45, 7) is 1.77. The minimum atomic E-state index is -0.440. The van der Waals surface area contributed by atoms with Gasteiger partial charge in [-0.15, -0.1) is 22.7 Å². The van der Waals surface area contributed by atoms with E-state index in [0.717, 1.165) is 0 Å². The summed E-state index contributed by atoms with van der Waals surface area (Å²) in [5.74, 6) is -0.425. The van der Waals surface area contributed by atoms with Crippen molar-refractivity contribution in [2.45, 2.75) is 6.92 Å². The van der Waals surface area contributed by atoms with Crippen LogP contribution in [0.15, 0.2) is 29.8 Å². The maximum atomic E-state index is 14.1. The van der Waals surface area contributed by atoms with Crippen LogP contribution in [0.25, 0.3) is 10.6 Å². The van der Waals surface area contributed by atoms with Crippen molar-refractivity contribution < 1.29 is 13.9 Å². The molecule has 0 unspecified atom stereocenters. The van der Waals surface area contributed by atoms with E-state index < -0.39 is 5.82 Å². The zero-order valence-corrected chi connectivity index (χ0v) is 13.9. The zero-order chi connectivity index (χ0) is 16.4. The van der Waals surface area contributed by atoms with E-state index in [1.807, 2.05) is 0 Å². The van der Waals surface area contributed by atoms with E-state index >= 15 is 0 Å². The highest BCUT2D eigenvalue weighted by molar-refractivity contribution is 7.15. The van der Waals surface area contributed by atoms with Crippen LogP contribution in [0.1, 0.15) is 15.4 Å². The summed E-state index contributed by atoms with van der Waals surface area (Å²) < 4.78 is 19.3. The van der Waals surface area contributed by atoms with E-state index in [1.54, 1.807) is 30.6 Å². The molecule has 2 heterocycles. The molecular weight excluding hydrogens is 337 g/mol. The third-order valence-electron chi connectivity index (χ3n) is 3.07. The number of aromatic nitrogens is 2. The van der Waals surface area contributed by atoms with E-state index in [0.29, 0.717) is 20.8 Å². The molecule has 0 aliphatic rings. The van der Waals surface area contributed by atoms with Gasteiger partial charge in [-0.25, -0.2) is 14.4 Å². The maximum absolute atomic E-state index is 14.1. The Balaban J connectivity index is 1.97. The third kappa shape index (κ3) is 3.08. The number of nitrogens with zero attached hydrogens (tertiary/aromatic N) is 2. The second-order valence-electron chi connectivity index (χ2n) is 4.53. The van der Waals surface area contributed by atoms with Crippen molar-refractivity contribution >= 4 is 33.7 Å². The lowest BCUT2D eigenvalue weighted by molar-refractivity contribution is 0.102. The Kier molecular flexibility index (Phi) is 4.35. The molecule has 1 N–H and O–H groups in total. The molecule has 118 valence electrons. The molecule has 0 atom stereocenters. The summed E-state index contributed by atoms with van der Waals surface area (Å²) in [5, 5.41) is 5.34. The molecule has 1 aromatic carbocycles. The Morgan fingerprint density at radius 1 is 1.39 bits per heavy atom. The molecular formula is C15H12FN3O2S2. The number of anilines is 1. The minimum absolute atomic E-state index is 0.255. The molecule has 2 aromatic heterocycles. The highest BCUT2D eigenvalue weighted by Crippen LogP contribution is 2.36. The molecule has 3 rings (SSSR count). The van der Waals surface area contributed by atoms with Crippen molar-refractivity contribution in [1.29, 1.82) is 0 Å². The van der Waals surface area contributed by atoms with Gasteiger partial charge in [0.05, 0.1) is 12.7 Å². The Morgan fingerprint density at radius 2 is 2.22 bits per heavy atom. The first-order chi connectivity index (χ1) is 11.1. The van der Waals surface area contributed by atoms with Crippen LogP contribution in [0, 0.1) is 12.7 Å². The number of amides is 1. The quantitative estimate of drug-likeness (QED) is 0.774. The molecule has 0 aliphatic heterocycles. The van der Waals surface area contributed by atoms with Gasteiger partial charge in [-0.05, 0) is 19.1 Å². The van der Waals surface area contributed by atoms with Gasteiger partial charge >= 0.3 is 0 Å². The number of methoxy groups -OCH3 is 1. The van der Waals surface area contributed by atoms with Gasteiger partial charge in [0.1, 0.15) is 22.3 Å². The number of carbonyl (C=O) groups is 1. The van der Waals surface area contributed by atoms with Crippen LogP contribution in [0.5, 0.6) is 5.75 Å². The van der Waals surface area contributed by atoms with Gasteiger partial charge in [-0.2, -0.15) is 0 Å². The molecule has 23 heavy (non-hydrogen) atoms. The third-order valence-corrected chi connectivity index (χ3v) is 4.75. The lowest BCUT2D eigenvalue weighted by Gasteiger charge is -2.06.